The van der Waals surface area contributed by atoms with Gasteiger partial charge in [-0.25, -0.2) is 14.2 Å². The molecule has 0 atom stereocenters. The molecule has 1 aromatic heterocycles. The molecule has 0 saturated carbocycles. The van der Waals surface area contributed by atoms with Crippen molar-refractivity contribution in [3.8, 4) is 17.0 Å². The number of carboxylic acids is 1. The third-order valence-corrected chi connectivity index (χ3v) is 9.59. The number of aliphatic carboxylic acids is 1. The van der Waals surface area contributed by atoms with Crippen molar-refractivity contribution in [3.63, 3.8) is 0 Å². The maximum atomic E-state index is 14.7. The zero-order valence-electron chi connectivity index (χ0n) is 29.4. The highest BCUT2D eigenvalue weighted by atomic mass is 35.5. The number of ether oxygens (including phenoxy) is 1. The monoisotopic (exact) mass is 747 g/mol. The Hall–Kier alpha value is -4.64. The number of benzene rings is 2. The van der Waals surface area contributed by atoms with Crippen LogP contribution in [0.2, 0.25) is 5.02 Å². The summed E-state index contributed by atoms with van der Waals surface area (Å²) < 4.78 is 35.5. The van der Waals surface area contributed by atoms with Crippen LogP contribution >= 0.6 is 11.6 Å². The molecule has 3 aromatic rings. The summed E-state index contributed by atoms with van der Waals surface area (Å²) >= 11 is 6.49. The Kier molecular flexibility index (Phi) is 14.1. The van der Waals surface area contributed by atoms with Crippen LogP contribution in [-0.2, 0) is 16.6 Å². The number of nitrogens with two attached hydrogens (primary N) is 2. The molecule has 1 fully saturated rings. The van der Waals surface area contributed by atoms with Crippen LogP contribution in [0.4, 0.5) is 14.5 Å². The second kappa shape index (κ2) is 18.2. The first-order valence-electron chi connectivity index (χ1n) is 17.0. The molecule has 282 valence electrons. The van der Waals surface area contributed by atoms with Crippen molar-refractivity contribution in [2.75, 3.05) is 77.9 Å². The zero-order valence-corrected chi connectivity index (χ0v) is 30.1. The van der Waals surface area contributed by atoms with Crippen molar-refractivity contribution in [2.45, 2.75) is 25.7 Å². The molecule has 1 aliphatic heterocycles. The van der Waals surface area contributed by atoms with E-state index in [0.717, 1.165) is 0 Å². The van der Waals surface area contributed by atoms with Gasteiger partial charge in [0.2, 0.25) is 11.7 Å². The first kappa shape index (κ1) is 40.1. The number of carbonyl (C=O) groups is 4. The number of rotatable bonds is 17. The number of carbonyl (C=O) groups excluding carboxylic acids is 3. The first-order valence-corrected chi connectivity index (χ1v) is 17.4. The van der Waals surface area contributed by atoms with Gasteiger partial charge in [-0.3, -0.25) is 14.4 Å². The van der Waals surface area contributed by atoms with E-state index < -0.39 is 23.5 Å². The number of amides is 3. The predicted octanol–water partition coefficient (Wildman–Crippen LogP) is 2.94. The molecule has 6 N–H and O–H groups in total. The number of carboxylic acid groups (broad SMARTS) is 1. The second-order valence-electron chi connectivity index (χ2n) is 12.7. The number of anilines is 1. The van der Waals surface area contributed by atoms with Crippen molar-refractivity contribution in [1.82, 2.24) is 19.4 Å². The number of methoxy groups -OCH3 is 1. The second-order valence-corrected chi connectivity index (χ2v) is 13.2. The van der Waals surface area contributed by atoms with Gasteiger partial charge in [0.1, 0.15) is 0 Å². The third-order valence-electron chi connectivity index (χ3n) is 9.28. The molecule has 0 radical (unpaired) electrons. The minimum absolute atomic E-state index is 0.0488. The van der Waals surface area contributed by atoms with E-state index >= 15 is 0 Å². The lowest BCUT2D eigenvalue weighted by atomic mass is 10.1. The molecule has 1 saturated heterocycles. The van der Waals surface area contributed by atoms with Gasteiger partial charge in [-0.05, 0) is 43.4 Å². The lowest BCUT2D eigenvalue weighted by molar-refractivity contribution is -0.921. The number of hydrogen-bond acceptors (Lipinski definition) is 8. The van der Waals surface area contributed by atoms with Crippen LogP contribution in [0, 0.1) is 11.6 Å². The predicted molar refractivity (Wildman–Crippen MR) is 191 cm³/mol. The number of nitrogens with one attached hydrogen (secondary N) is 1. The van der Waals surface area contributed by atoms with E-state index in [1.54, 1.807) is 9.80 Å². The smallest absolute Gasteiger partial charge is 0.359 e. The standard InChI is InChI=1S/C35H45ClF2N8O6/c1-43-27(25-9-10-28(52-2)32(38)31(25)37)21-41-33(43)34(50)42-23-7-8-24(26(36)20-23)35(51)45-15-13-44(14-16-45)29(47)6-3-17-46(18-4-11-39,19-5-12-40)22-30(48)49/h7-10,20-21H,3-6,11-19,22,39-40H2,1-2H3,(H-,42,48,49,50,51)/p+1. The Morgan fingerprint density at radius 1 is 0.962 bits per heavy atom. The van der Waals surface area contributed by atoms with Crippen LogP contribution in [0.3, 0.4) is 0 Å². The van der Waals surface area contributed by atoms with Gasteiger partial charge in [0, 0.05) is 70.2 Å². The molecular formula is C35H46ClF2N8O6+. The van der Waals surface area contributed by atoms with Gasteiger partial charge in [0.15, 0.2) is 23.9 Å². The highest BCUT2D eigenvalue weighted by molar-refractivity contribution is 6.34. The van der Waals surface area contributed by atoms with Gasteiger partial charge < -0.3 is 45.5 Å². The topological polar surface area (TPSA) is 186 Å². The van der Waals surface area contributed by atoms with E-state index in [2.05, 4.69) is 10.3 Å². The number of hydrogen-bond donors (Lipinski definition) is 4. The lowest BCUT2D eigenvalue weighted by Crippen LogP contribution is -2.54. The summed E-state index contributed by atoms with van der Waals surface area (Å²) in [6.07, 6.45) is 3.38. The maximum Gasteiger partial charge on any atom is 0.359 e. The summed E-state index contributed by atoms with van der Waals surface area (Å²) in [5, 5.41) is 12.3. The van der Waals surface area contributed by atoms with Crippen LogP contribution in [0.25, 0.3) is 11.3 Å². The highest BCUT2D eigenvalue weighted by Crippen LogP contribution is 2.30. The van der Waals surface area contributed by atoms with Gasteiger partial charge in [-0.15, -0.1) is 0 Å². The Morgan fingerprint density at radius 2 is 1.60 bits per heavy atom. The number of piperazine rings is 1. The van der Waals surface area contributed by atoms with E-state index in [-0.39, 0.29) is 63.9 Å². The number of nitrogens with zero attached hydrogens (tertiary/aromatic N) is 5. The van der Waals surface area contributed by atoms with Crippen LogP contribution in [0.5, 0.6) is 5.75 Å². The average molecular weight is 748 g/mol. The molecule has 1 aliphatic rings. The molecular weight excluding hydrogens is 702 g/mol. The lowest BCUT2D eigenvalue weighted by Gasteiger charge is -2.38. The first-order chi connectivity index (χ1) is 24.8. The fraction of sp³-hybridized carbons (Fsp3) is 0.457. The minimum Gasteiger partial charge on any atom is -0.494 e. The van der Waals surface area contributed by atoms with Gasteiger partial charge in [0.05, 0.1) is 49.2 Å². The van der Waals surface area contributed by atoms with E-state index in [0.29, 0.717) is 82.6 Å². The molecule has 0 aliphatic carbocycles. The molecule has 0 spiro atoms. The van der Waals surface area contributed by atoms with Gasteiger partial charge in [-0.1, -0.05) is 11.6 Å². The SMILES string of the molecule is COc1ccc(-c2cnc(C(=O)Nc3ccc(C(=O)N4CCN(C(=O)CCC[N+](CCCN)(CCCN)CC(=O)O)CC4)c(Cl)c3)n2C)c(F)c1F. The molecule has 0 bridgehead atoms. The van der Waals surface area contributed by atoms with E-state index in [1.165, 1.54) is 55.3 Å². The highest BCUT2D eigenvalue weighted by Gasteiger charge is 2.31. The molecule has 2 aromatic carbocycles. The van der Waals surface area contributed by atoms with Crippen molar-refractivity contribution < 1.29 is 42.3 Å². The Morgan fingerprint density at radius 3 is 2.19 bits per heavy atom. The average Bonchev–Trinajstić information content (AvgIpc) is 3.51. The van der Waals surface area contributed by atoms with Crippen molar-refractivity contribution >= 4 is 41.0 Å². The number of quaternary nitrogens is 1. The molecule has 3 amide bonds. The normalized spacial score (nSPS) is 13.3. The summed E-state index contributed by atoms with van der Waals surface area (Å²) in [6.45, 7) is 3.86. The summed E-state index contributed by atoms with van der Waals surface area (Å²) in [4.78, 5) is 58.6. The fourth-order valence-electron chi connectivity index (χ4n) is 6.48. The van der Waals surface area contributed by atoms with Crippen molar-refractivity contribution in [2.24, 2.45) is 18.5 Å². The molecule has 4 rings (SSSR count). The summed E-state index contributed by atoms with van der Waals surface area (Å²) in [5.41, 5.74) is 12.0. The minimum atomic E-state index is -1.16. The number of aromatic nitrogens is 2. The molecule has 0 unspecified atom stereocenters. The van der Waals surface area contributed by atoms with Crippen LogP contribution in [-0.4, -0.2) is 125 Å². The van der Waals surface area contributed by atoms with Gasteiger partial charge in [-0.2, -0.15) is 4.39 Å². The summed E-state index contributed by atoms with van der Waals surface area (Å²) in [7, 11) is 2.71. The molecule has 52 heavy (non-hydrogen) atoms. The van der Waals surface area contributed by atoms with E-state index in [9.17, 15) is 33.1 Å². The maximum absolute atomic E-state index is 14.7. The number of imidazole rings is 1. The largest absolute Gasteiger partial charge is 0.494 e. The quantitative estimate of drug-likeness (QED) is 0.151. The van der Waals surface area contributed by atoms with Gasteiger partial charge >= 0.3 is 5.97 Å². The molecule has 17 heteroatoms. The Bertz CT molecular complexity index is 1760. The third kappa shape index (κ3) is 9.61. The Labute approximate surface area is 305 Å². The van der Waals surface area contributed by atoms with E-state index in [4.69, 9.17) is 27.8 Å². The van der Waals surface area contributed by atoms with Crippen LogP contribution in [0.1, 0.15) is 46.7 Å². The zero-order chi connectivity index (χ0) is 38.0. The van der Waals surface area contributed by atoms with Crippen LogP contribution < -0.4 is 21.5 Å². The van der Waals surface area contributed by atoms with Crippen LogP contribution in [0.15, 0.2) is 36.5 Å². The summed E-state index contributed by atoms with van der Waals surface area (Å²) in [5.74, 6) is -4.56. The van der Waals surface area contributed by atoms with E-state index in [1.807, 2.05) is 0 Å². The Balaban J connectivity index is 1.32. The van der Waals surface area contributed by atoms with Crippen molar-refractivity contribution in [3.05, 3.63) is 64.6 Å². The van der Waals surface area contributed by atoms with Crippen molar-refractivity contribution in [1.29, 1.82) is 0 Å². The molecule has 14 nitrogen and oxygen atoms in total. The molecule has 2 heterocycles. The van der Waals surface area contributed by atoms with Gasteiger partial charge in [0.25, 0.3) is 11.8 Å². The fourth-order valence-corrected chi connectivity index (χ4v) is 6.74. The summed E-state index contributed by atoms with van der Waals surface area (Å²) in [6, 6.07) is 7.05. The number of halogens is 3.